The van der Waals surface area contributed by atoms with Crippen LogP contribution in [-0.4, -0.2) is 53.6 Å². The van der Waals surface area contributed by atoms with Crippen molar-refractivity contribution in [2.75, 3.05) is 26.7 Å². The van der Waals surface area contributed by atoms with E-state index in [-0.39, 0.29) is 5.91 Å². The van der Waals surface area contributed by atoms with E-state index in [9.17, 15) is 9.90 Å². The zero-order valence-corrected chi connectivity index (χ0v) is 11.5. The first-order valence-electron chi connectivity index (χ1n) is 6.83. The summed E-state index contributed by atoms with van der Waals surface area (Å²) >= 11 is 0. The van der Waals surface area contributed by atoms with Crippen molar-refractivity contribution in [2.24, 2.45) is 0 Å². The molecule has 4 heteroatoms. The molecule has 19 heavy (non-hydrogen) atoms. The third kappa shape index (κ3) is 4.33. The molecule has 1 unspecified atom stereocenters. The number of nitrogens with zero attached hydrogens (tertiary/aromatic N) is 2. The molecule has 0 aromatic heterocycles. The number of aliphatic hydroxyl groups is 1. The molecule has 0 radical (unpaired) electrons. The molecule has 0 bridgehead atoms. The first kappa shape index (κ1) is 14.0. The number of hydrogen-bond acceptors (Lipinski definition) is 3. The lowest BCUT2D eigenvalue weighted by atomic mass is 10.2. The van der Waals surface area contributed by atoms with Crippen molar-refractivity contribution in [3.8, 4) is 0 Å². The highest BCUT2D eigenvalue weighted by Crippen LogP contribution is 2.11. The molecule has 1 fully saturated rings. The zero-order chi connectivity index (χ0) is 13.7. The quantitative estimate of drug-likeness (QED) is 0.835. The van der Waals surface area contributed by atoms with Crippen LogP contribution < -0.4 is 0 Å². The average Bonchev–Trinajstić information content (AvgIpc) is 2.69. The molecule has 1 aliphatic heterocycles. The van der Waals surface area contributed by atoms with Crippen LogP contribution >= 0.6 is 0 Å². The summed E-state index contributed by atoms with van der Waals surface area (Å²) in [5.74, 6) is 0.0817. The second-order valence-corrected chi connectivity index (χ2v) is 5.27. The fraction of sp³-hybridized carbons (Fsp3) is 0.533. The van der Waals surface area contributed by atoms with E-state index in [1.807, 2.05) is 18.2 Å². The van der Waals surface area contributed by atoms with E-state index >= 15 is 0 Å². The van der Waals surface area contributed by atoms with Crippen LogP contribution in [0, 0.1) is 0 Å². The summed E-state index contributed by atoms with van der Waals surface area (Å²) in [4.78, 5) is 15.5. The molecule has 2 rings (SSSR count). The van der Waals surface area contributed by atoms with Gasteiger partial charge in [0.05, 0.1) is 12.5 Å². The van der Waals surface area contributed by atoms with E-state index in [1.165, 1.54) is 5.56 Å². The van der Waals surface area contributed by atoms with Crippen molar-refractivity contribution in [3.63, 3.8) is 0 Å². The highest BCUT2D eigenvalue weighted by Gasteiger charge is 2.27. The van der Waals surface area contributed by atoms with Gasteiger partial charge < -0.3 is 14.9 Å². The van der Waals surface area contributed by atoms with Crippen molar-refractivity contribution in [3.05, 3.63) is 35.9 Å². The maximum absolute atomic E-state index is 11.5. The van der Waals surface area contributed by atoms with Crippen molar-refractivity contribution in [2.45, 2.75) is 25.5 Å². The largest absolute Gasteiger partial charge is 0.391 e. The van der Waals surface area contributed by atoms with Crippen molar-refractivity contribution in [1.29, 1.82) is 0 Å². The van der Waals surface area contributed by atoms with E-state index in [0.29, 0.717) is 13.0 Å². The molecular weight excluding hydrogens is 240 g/mol. The average molecular weight is 262 g/mol. The summed E-state index contributed by atoms with van der Waals surface area (Å²) in [6, 6.07) is 10.4. The summed E-state index contributed by atoms with van der Waals surface area (Å²) in [6.07, 6.45) is 0.774. The third-order valence-electron chi connectivity index (χ3n) is 3.46. The Morgan fingerprint density at radius 1 is 1.37 bits per heavy atom. The number of rotatable bonds is 6. The summed E-state index contributed by atoms with van der Waals surface area (Å²) in [6.45, 7) is 3.13. The fourth-order valence-electron chi connectivity index (χ4n) is 2.47. The van der Waals surface area contributed by atoms with Gasteiger partial charge in [-0.3, -0.25) is 4.79 Å². The molecular formula is C15H22N2O2. The highest BCUT2D eigenvalue weighted by molar-refractivity contribution is 5.78. The predicted molar refractivity (Wildman–Crippen MR) is 74.6 cm³/mol. The van der Waals surface area contributed by atoms with Gasteiger partial charge >= 0.3 is 0 Å². The van der Waals surface area contributed by atoms with E-state index in [0.717, 1.165) is 26.1 Å². The Morgan fingerprint density at radius 3 is 2.74 bits per heavy atom. The second-order valence-electron chi connectivity index (χ2n) is 5.27. The summed E-state index contributed by atoms with van der Waals surface area (Å²) in [5.41, 5.74) is 1.30. The van der Waals surface area contributed by atoms with Crippen LogP contribution in [0.5, 0.6) is 0 Å². The molecule has 1 atom stereocenters. The predicted octanol–water partition coefficient (Wildman–Crippen LogP) is 1.10. The topological polar surface area (TPSA) is 43.8 Å². The Balaban J connectivity index is 1.67. The van der Waals surface area contributed by atoms with Gasteiger partial charge in [0.1, 0.15) is 0 Å². The Hall–Kier alpha value is -1.39. The van der Waals surface area contributed by atoms with Gasteiger partial charge in [-0.05, 0) is 25.6 Å². The van der Waals surface area contributed by atoms with Gasteiger partial charge in [0.15, 0.2) is 0 Å². The summed E-state index contributed by atoms with van der Waals surface area (Å²) in [7, 11) is 2.09. The van der Waals surface area contributed by atoms with Gasteiger partial charge in [-0.2, -0.15) is 0 Å². The van der Waals surface area contributed by atoms with Gasteiger partial charge in [-0.25, -0.2) is 0 Å². The molecule has 4 nitrogen and oxygen atoms in total. The number of carbonyl (C=O) groups excluding carboxylic acids is 1. The standard InChI is InChI=1S/C15H22N2O2/c1-16(11-13-6-3-2-4-7-13)8-5-9-17-12-14(18)10-15(17)19/h2-4,6-7,14,18H,5,8-12H2,1H3. The van der Waals surface area contributed by atoms with Crippen LogP contribution in [0.15, 0.2) is 30.3 Å². The molecule has 0 saturated carbocycles. The summed E-state index contributed by atoms with van der Waals surface area (Å²) in [5, 5.41) is 9.40. The molecule has 1 aliphatic rings. The lowest BCUT2D eigenvalue weighted by molar-refractivity contribution is -0.127. The van der Waals surface area contributed by atoms with E-state index in [4.69, 9.17) is 0 Å². The summed E-state index contributed by atoms with van der Waals surface area (Å²) < 4.78 is 0. The minimum Gasteiger partial charge on any atom is -0.391 e. The molecule has 0 aliphatic carbocycles. The Labute approximate surface area is 114 Å². The van der Waals surface area contributed by atoms with E-state index < -0.39 is 6.10 Å². The van der Waals surface area contributed by atoms with Crippen LogP contribution in [0.25, 0.3) is 0 Å². The highest BCUT2D eigenvalue weighted by atomic mass is 16.3. The maximum atomic E-state index is 11.5. The maximum Gasteiger partial charge on any atom is 0.225 e. The molecule has 1 aromatic carbocycles. The lowest BCUT2D eigenvalue weighted by Crippen LogP contribution is -2.30. The van der Waals surface area contributed by atoms with E-state index in [2.05, 4.69) is 24.1 Å². The Bertz CT molecular complexity index is 408. The van der Waals surface area contributed by atoms with Gasteiger partial charge in [-0.1, -0.05) is 30.3 Å². The van der Waals surface area contributed by atoms with Crippen LogP contribution in [0.3, 0.4) is 0 Å². The smallest absolute Gasteiger partial charge is 0.225 e. The van der Waals surface area contributed by atoms with Gasteiger partial charge in [-0.15, -0.1) is 0 Å². The SMILES string of the molecule is CN(CCCN1CC(O)CC1=O)Cc1ccccc1. The zero-order valence-electron chi connectivity index (χ0n) is 11.5. The number of hydrogen-bond donors (Lipinski definition) is 1. The van der Waals surface area contributed by atoms with Gasteiger partial charge in [0, 0.05) is 19.6 Å². The number of β-amino-alcohol motifs (C(OH)–C–C–N with tert-alkyl or cyclic N) is 1. The number of amides is 1. The van der Waals surface area contributed by atoms with Gasteiger partial charge in [0.2, 0.25) is 5.91 Å². The minimum absolute atomic E-state index is 0.0817. The Kier molecular flexibility index (Phi) is 4.93. The number of likely N-dealkylation sites (tertiary alicyclic amines) is 1. The molecule has 0 spiro atoms. The molecule has 1 heterocycles. The molecule has 104 valence electrons. The minimum atomic E-state index is -0.463. The van der Waals surface area contributed by atoms with Gasteiger partial charge in [0.25, 0.3) is 0 Å². The van der Waals surface area contributed by atoms with Crippen molar-refractivity contribution >= 4 is 5.91 Å². The third-order valence-corrected chi connectivity index (χ3v) is 3.46. The van der Waals surface area contributed by atoms with Crippen LogP contribution in [-0.2, 0) is 11.3 Å². The van der Waals surface area contributed by atoms with Crippen molar-refractivity contribution in [1.82, 2.24) is 9.80 Å². The monoisotopic (exact) mass is 262 g/mol. The lowest BCUT2D eigenvalue weighted by Gasteiger charge is -2.20. The first-order valence-corrected chi connectivity index (χ1v) is 6.83. The number of benzene rings is 1. The molecule has 1 saturated heterocycles. The van der Waals surface area contributed by atoms with Crippen LogP contribution in [0.1, 0.15) is 18.4 Å². The second kappa shape index (κ2) is 6.68. The fourth-order valence-corrected chi connectivity index (χ4v) is 2.47. The van der Waals surface area contributed by atoms with Crippen molar-refractivity contribution < 1.29 is 9.90 Å². The number of carbonyl (C=O) groups is 1. The molecule has 1 amide bonds. The normalized spacial score (nSPS) is 19.4. The van der Waals surface area contributed by atoms with Crippen LogP contribution in [0.4, 0.5) is 0 Å². The first-order chi connectivity index (χ1) is 9.15. The molecule has 1 N–H and O–H groups in total. The Morgan fingerprint density at radius 2 is 2.11 bits per heavy atom. The number of aliphatic hydroxyl groups excluding tert-OH is 1. The molecule has 1 aromatic rings. The van der Waals surface area contributed by atoms with E-state index in [1.54, 1.807) is 4.90 Å². The van der Waals surface area contributed by atoms with Crippen LogP contribution in [0.2, 0.25) is 0 Å².